The number of rotatable bonds is 57. The van der Waals surface area contributed by atoms with Gasteiger partial charge in [-0.25, -0.2) is 0 Å². The van der Waals surface area contributed by atoms with Crippen molar-refractivity contribution >= 4 is 5.91 Å². The van der Waals surface area contributed by atoms with E-state index in [2.05, 4.69) is 43.5 Å². The van der Waals surface area contributed by atoms with Crippen molar-refractivity contribution in [3.63, 3.8) is 0 Å². The molecule has 0 aromatic heterocycles. The summed E-state index contributed by atoms with van der Waals surface area (Å²) in [4.78, 5) is 13.4. The van der Waals surface area contributed by atoms with Crippen LogP contribution < -0.4 is 5.32 Å². The highest BCUT2D eigenvalue weighted by molar-refractivity contribution is 5.76. The standard InChI is InChI=1S/C72H133NO18/c1-3-5-7-9-11-13-15-17-19-21-23-25-26-27-28-29-30-32-34-36-38-40-42-44-46-48-50-60(78)73-55(56(77)49-47-45-43-41-39-37-35-33-31-24-22-20-18-16-14-12-10-8-6-4-2)54-86-70-66(84)63(81)68(58(52-75)88-70)91-72-67(85)64(82)69(59(53-76)89-72)90-71-65(83)62(80)61(79)57(51-74)87-71/h31,33,39,41,47,49,55-59,61-72,74-77,79-85H,3-30,32,34-38,40,42-46,48,50-54H2,1-2H3,(H,73,78)/b33-31+,41-39+,49-47+. The zero-order chi connectivity index (χ0) is 66.1. The maximum Gasteiger partial charge on any atom is 0.220 e. The first-order chi connectivity index (χ1) is 44.3. The molecular weight excluding hydrogens is 1170 g/mol. The van der Waals surface area contributed by atoms with E-state index in [9.17, 15) is 61.0 Å². The van der Waals surface area contributed by atoms with Crippen LogP contribution in [0.3, 0.4) is 0 Å². The van der Waals surface area contributed by atoms with Gasteiger partial charge in [0.05, 0.1) is 38.6 Å². The van der Waals surface area contributed by atoms with Gasteiger partial charge < -0.3 is 89.9 Å². The minimum Gasteiger partial charge on any atom is -0.394 e. The van der Waals surface area contributed by atoms with E-state index >= 15 is 0 Å². The topological polar surface area (TPSA) is 307 Å². The Labute approximate surface area is 549 Å². The molecule has 3 saturated heterocycles. The average molecular weight is 1300 g/mol. The fourth-order valence-corrected chi connectivity index (χ4v) is 12.5. The Morgan fingerprint density at radius 2 is 0.703 bits per heavy atom. The molecule has 17 unspecified atom stereocenters. The number of unbranched alkanes of at least 4 members (excludes halogenated alkanes) is 37. The van der Waals surface area contributed by atoms with Crippen molar-refractivity contribution < 1.29 is 89.4 Å². The maximum atomic E-state index is 13.4. The molecule has 0 aromatic carbocycles. The second-order valence-corrected chi connectivity index (χ2v) is 26.4. The lowest BCUT2D eigenvalue weighted by Crippen LogP contribution is -2.66. The van der Waals surface area contributed by atoms with Crippen molar-refractivity contribution in [1.82, 2.24) is 5.32 Å². The number of amides is 1. The molecule has 19 nitrogen and oxygen atoms in total. The number of hydrogen-bond acceptors (Lipinski definition) is 18. The van der Waals surface area contributed by atoms with E-state index in [1.165, 1.54) is 205 Å². The SMILES string of the molecule is CCCCCCCCCCCC/C=C/CC/C=C/CC/C=C/C(O)C(COC1OC(CO)C(OC2OC(CO)C(OC3OC(CO)C(O)C(O)C3O)C(O)C2O)C(O)C1O)NC(=O)CCCCCCCCCCCCCCCCCCCCCCCCCCCC. The van der Waals surface area contributed by atoms with Crippen molar-refractivity contribution in [2.75, 3.05) is 26.4 Å². The molecule has 0 aromatic rings. The Morgan fingerprint density at radius 1 is 0.385 bits per heavy atom. The number of carbonyl (C=O) groups is 1. The fourth-order valence-electron chi connectivity index (χ4n) is 12.5. The van der Waals surface area contributed by atoms with Crippen LogP contribution in [0.4, 0.5) is 0 Å². The molecule has 3 aliphatic rings. The Kier molecular flexibility index (Phi) is 49.5. The molecule has 0 aliphatic carbocycles. The van der Waals surface area contributed by atoms with Crippen molar-refractivity contribution in [1.29, 1.82) is 0 Å². The van der Waals surface area contributed by atoms with E-state index in [0.717, 1.165) is 44.9 Å². The van der Waals surface area contributed by atoms with Gasteiger partial charge in [0.25, 0.3) is 0 Å². The number of nitrogens with one attached hydrogen (secondary N) is 1. The molecule has 0 spiro atoms. The summed E-state index contributed by atoms with van der Waals surface area (Å²) in [5, 5.41) is 121. The van der Waals surface area contributed by atoms with Crippen LogP contribution in [0.5, 0.6) is 0 Å². The van der Waals surface area contributed by atoms with Crippen molar-refractivity contribution in [3.8, 4) is 0 Å². The molecule has 17 atom stereocenters. The van der Waals surface area contributed by atoms with Crippen LogP contribution >= 0.6 is 0 Å². The Bertz CT molecular complexity index is 1790. The summed E-state index contributed by atoms with van der Waals surface area (Å²) in [5.74, 6) is -0.284. The van der Waals surface area contributed by atoms with Crippen LogP contribution in [0, 0.1) is 0 Å². The number of ether oxygens (including phenoxy) is 6. The summed E-state index contributed by atoms with van der Waals surface area (Å²) in [5.41, 5.74) is 0. The van der Waals surface area contributed by atoms with Crippen molar-refractivity contribution in [2.45, 2.75) is 388 Å². The minimum absolute atomic E-state index is 0.236. The number of aliphatic hydroxyl groups is 11. The molecule has 1 amide bonds. The molecule has 3 heterocycles. The number of allylic oxidation sites excluding steroid dienone is 5. The highest BCUT2D eigenvalue weighted by Gasteiger charge is 2.53. The molecule has 3 rings (SSSR count). The van der Waals surface area contributed by atoms with E-state index in [4.69, 9.17) is 28.4 Å². The number of carbonyl (C=O) groups excluding carboxylic acids is 1. The first kappa shape index (κ1) is 83.2. The predicted octanol–water partition coefficient (Wildman–Crippen LogP) is 10.4. The second-order valence-electron chi connectivity index (χ2n) is 26.4. The van der Waals surface area contributed by atoms with Crippen LogP contribution in [-0.2, 0) is 33.2 Å². The lowest BCUT2D eigenvalue weighted by molar-refractivity contribution is -0.379. The molecule has 12 N–H and O–H groups in total. The highest BCUT2D eigenvalue weighted by atomic mass is 16.8. The molecule has 19 heteroatoms. The molecule has 0 saturated carbocycles. The van der Waals surface area contributed by atoms with Gasteiger partial charge in [-0.15, -0.1) is 0 Å². The zero-order valence-electron chi connectivity index (χ0n) is 56.6. The van der Waals surface area contributed by atoms with Crippen LogP contribution in [0.15, 0.2) is 36.5 Å². The van der Waals surface area contributed by atoms with Crippen LogP contribution in [0.25, 0.3) is 0 Å². The van der Waals surface area contributed by atoms with Crippen molar-refractivity contribution in [3.05, 3.63) is 36.5 Å². The van der Waals surface area contributed by atoms with Gasteiger partial charge in [-0.1, -0.05) is 269 Å². The average Bonchev–Trinajstić information content (AvgIpc) is 0.887. The van der Waals surface area contributed by atoms with Gasteiger partial charge in [-0.3, -0.25) is 4.79 Å². The third-order valence-corrected chi connectivity index (χ3v) is 18.4. The Morgan fingerprint density at radius 3 is 1.10 bits per heavy atom. The van der Waals surface area contributed by atoms with E-state index in [-0.39, 0.29) is 18.9 Å². The zero-order valence-corrected chi connectivity index (χ0v) is 56.6. The van der Waals surface area contributed by atoms with Crippen LogP contribution in [0.2, 0.25) is 0 Å². The molecular formula is C72H133NO18. The predicted molar refractivity (Wildman–Crippen MR) is 356 cm³/mol. The first-order valence-corrected chi connectivity index (χ1v) is 36.7. The van der Waals surface area contributed by atoms with Gasteiger partial charge in [0.15, 0.2) is 18.9 Å². The third kappa shape index (κ3) is 35.7. The van der Waals surface area contributed by atoms with E-state index in [1.807, 2.05) is 6.08 Å². The van der Waals surface area contributed by atoms with Gasteiger partial charge in [0.2, 0.25) is 5.91 Å². The minimum atomic E-state index is -1.98. The lowest BCUT2D eigenvalue weighted by atomic mass is 9.96. The molecule has 91 heavy (non-hydrogen) atoms. The third-order valence-electron chi connectivity index (χ3n) is 18.4. The van der Waals surface area contributed by atoms with E-state index in [0.29, 0.717) is 12.8 Å². The highest BCUT2D eigenvalue weighted by Crippen LogP contribution is 2.33. The van der Waals surface area contributed by atoms with Gasteiger partial charge in [0.1, 0.15) is 73.2 Å². The monoisotopic (exact) mass is 1300 g/mol. The van der Waals surface area contributed by atoms with Gasteiger partial charge in [-0.05, 0) is 44.9 Å². The molecule has 3 aliphatic heterocycles. The van der Waals surface area contributed by atoms with E-state index in [1.54, 1.807) is 6.08 Å². The summed E-state index contributed by atoms with van der Waals surface area (Å²) in [6.07, 6.45) is 37.0. The fraction of sp³-hybridized carbons (Fsp3) is 0.903. The first-order valence-electron chi connectivity index (χ1n) is 36.7. The molecule has 0 radical (unpaired) electrons. The van der Waals surface area contributed by atoms with Gasteiger partial charge >= 0.3 is 0 Å². The van der Waals surface area contributed by atoms with Crippen LogP contribution in [-0.4, -0.2) is 193 Å². The maximum absolute atomic E-state index is 13.4. The van der Waals surface area contributed by atoms with Crippen LogP contribution in [0.1, 0.15) is 284 Å². The van der Waals surface area contributed by atoms with Gasteiger partial charge in [0, 0.05) is 6.42 Å². The molecule has 0 bridgehead atoms. The summed E-state index contributed by atoms with van der Waals surface area (Å²) < 4.78 is 34.4. The quantitative estimate of drug-likeness (QED) is 0.0199. The smallest absolute Gasteiger partial charge is 0.220 e. The normalized spacial score (nSPS) is 28.0. The Balaban J connectivity index is 1.42. The second kappa shape index (κ2) is 54.1. The summed E-state index contributed by atoms with van der Waals surface area (Å²) in [7, 11) is 0. The summed E-state index contributed by atoms with van der Waals surface area (Å²) in [6, 6.07) is -0.995. The number of hydrogen-bond donors (Lipinski definition) is 12. The van der Waals surface area contributed by atoms with E-state index < -0.39 is 124 Å². The summed E-state index contributed by atoms with van der Waals surface area (Å²) in [6.45, 7) is 1.74. The summed E-state index contributed by atoms with van der Waals surface area (Å²) >= 11 is 0. The number of aliphatic hydroxyl groups excluding tert-OH is 11. The van der Waals surface area contributed by atoms with Crippen molar-refractivity contribution in [2.24, 2.45) is 0 Å². The Hall–Kier alpha value is -1.99. The molecule has 3 fully saturated rings. The lowest BCUT2D eigenvalue weighted by Gasteiger charge is -2.48. The molecule has 534 valence electrons. The van der Waals surface area contributed by atoms with Gasteiger partial charge in [-0.2, -0.15) is 0 Å². The largest absolute Gasteiger partial charge is 0.394 e.